The number of allylic oxidation sites excluding steroid dienone is 1. The molecule has 1 saturated carbocycles. The molecule has 1 aliphatic carbocycles. The summed E-state index contributed by atoms with van der Waals surface area (Å²) in [5.74, 6) is -0.437. The molecular formula is C19H24N2O3. The Morgan fingerprint density at radius 2 is 2.08 bits per heavy atom. The lowest BCUT2D eigenvalue weighted by Gasteiger charge is -2.41. The van der Waals surface area contributed by atoms with Crippen molar-refractivity contribution in [3.63, 3.8) is 0 Å². The molecule has 2 aliphatic rings. The van der Waals surface area contributed by atoms with Gasteiger partial charge in [0.15, 0.2) is 0 Å². The predicted molar refractivity (Wildman–Crippen MR) is 93.4 cm³/mol. The lowest BCUT2D eigenvalue weighted by Crippen LogP contribution is -2.41. The third-order valence-corrected chi connectivity index (χ3v) is 4.90. The number of benzene rings is 1. The van der Waals surface area contributed by atoms with E-state index in [9.17, 15) is 9.59 Å². The van der Waals surface area contributed by atoms with Gasteiger partial charge in [0.1, 0.15) is 5.60 Å². The first-order valence-electron chi connectivity index (χ1n) is 8.69. The minimum absolute atomic E-state index is 0.376. The van der Waals surface area contributed by atoms with Crippen molar-refractivity contribution in [1.29, 1.82) is 0 Å². The van der Waals surface area contributed by atoms with Gasteiger partial charge < -0.3 is 10.5 Å². The molecule has 24 heavy (non-hydrogen) atoms. The summed E-state index contributed by atoms with van der Waals surface area (Å²) in [7, 11) is 0. The fraction of sp³-hybridized carbons (Fsp3) is 0.474. The number of ether oxygens (including phenoxy) is 1. The minimum atomic E-state index is -0.532. The minimum Gasteiger partial charge on any atom is -0.438 e. The summed E-state index contributed by atoms with van der Waals surface area (Å²) >= 11 is 0. The molecule has 0 bridgehead atoms. The van der Waals surface area contributed by atoms with Gasteiger partial charge in [0.25, 0.3) is 0 Å². The first kappa shape index (κ1) is 16.6. The van der Waals surface area contributed by atoms with E-state index in [2.05, 4.69) is 18.3 Å². The quantitative estimate of drug-likeness (QED) is 0.817. The van der Waals surface area contributed by atoms with Crippen LogP contribution in [0.5, 0.6) is 0 Å². The third kappa shape index (κ3) is 3.16. The third-order valence-electron chi connectivity index (χ3n) is 4.90. The zero-order valence-electron chi connectivity index (χ0n) is 14.1. The highest BCUT2D eigenvalue weighted by atomic mass is 16.6. The van der Waals surface area contributed by atoms with Crippen LogP contribution in [-0.4, -0.2) is 12.0 Å². The molecule has 3 rings (SSSR count). The van der Waals surface area contributed by atoms with Crippen molar-refractivity contribution < 1.29 is 14.3 Å². The summed E-state index contributed by atoms with van der Waals surface area (Å²) in [6, 6.07) is 5.90. The number of primary amides is 1. The van der Waals surface area contributed by atoms with Crippen LogP contribution in [0.4, 0.5) is 10.5 Å². The molecular weight excluding hydrogens is 304 g/mol. The molecule has 0 aromatic heterocycles. The maximum absolute atomic E-state index is 12.0. The van der Waals surface area contributed by atoms with E-state index in [0.29, 0.717) is 0 Å². The number of nitrogens with two attached hydrogens (primary N) is 1. The summed E-state index contributed by atoms with van der Waals surface area (Å²) < 4.78 is 5.76. The zero-order valence-corrected chi connectivity index (χ0v) is 14.1. The molecule has 1 fully saturated rings. The highest BCUT2D eigenvalue weighted by molar-refractivity contribution is 5.95. The molecule has 1 aromatic carbocycles. The molecule has 0 unspecified atom stereocenters. The topological polar surface area (TPSA) is 81.4 Å². The van der Waals surface area contributed by atoms with Gasteiger partial charge in [0.05, 0.1) is 5.69 Å². The van der Waals surface area contributed by atoms with Crippen molar-refractivity contribution in [1.82, 2.24) is 0 Å². The molecule has 1 spiro atoms. The van der Waals surface area contributed by atoms with Crippen LogP contribution in [0.2, 0.25) is 0 Å². The number of carbonyl (C=O) groups excluding carboxylic acids is 2. The molecule has 0 atom stereocenters. The monoisotopic (exact) mass is 328 g/mol. The van der Waals surface area contributed by atoms with Crippen molar-refractivity contribution in [2.24, 2.45) is 5.73 Å². The van der Waals surface area contributed by atoms with Crippen LogP contribution in [0.3, 0.4) is 0 Å². The Hall–Kier alpha value is -2.30. The Morgan fingerprint density at radius 3 is 2.75 bits per heavy atom. The second-order valence-corrected chi connectivity index (χ2v) is 6.65. The van der Waals surface area contributed by atoms with E-state index in [0.717, 1.165) is 60.9 Å². The number of amides is 2. The summed E-state index contributed by atoms with van der Waals surface area (Å²) in [5.41, 5.74) is 8.55. The maximum Gasteiger partial charge on any atom is 0.412 e. The van der Waals surface area contributed by atoms with Gasteiger partial charge in [0.2, 0.25) is 5.91 Å². The lowest BCUT2D eigenvalue weighted by atomic mass is 9.77. The van der Waals surface area contributed by atoms with Crippen molar-refractivity contribution >= 4 is 23.3 Å². The number of hydrogen-bond donors (Lipinski definition) is 2. The van der Waals surface area contributed by atoms with E-state index in [1.54, 1.807) is 0 Å². The van der Waals surface area contributed by atoms with E-state index in [1.807, 2.05) is 12.1 Å². The molecule has 3 N–H and O–H groups in total. The number of anilines is 1. The van der Waals surface area contributed by atoms with Gasteiger partial charge in [0, 0.05) is 11.6 Å². The van der Waals surface area contributed by atoms with Crippen LogP contribution in [0.15, 0.2) is 24.3 Å². The second-order valence-electron chi connectivity index (χ2n) is 6.65. The highest BCUT2D eigenvalue weighted by Gasteiger charge is 2.42. The van der Waals surface area contributed by atoms with Gasteiger partial charge in [-0.15, -0.1) is 0 Å². The van der Waals surface area contributed by atoms with Gasteiger partial charge in [-0.3, -0.25) is 10.1 Å². The van der Waals surface area contributed by atoms with E-state index < -0.39 is 11.5 Å². The smallest absolute Gasteiger partial charge is 0.412 e. The van der Waals surface area contributed by atoms with E-state index in [4.69, 9.17) is 10.5 Å². The zero-order chi connectivity index (χ0) is 17.2. The van der Waals surface area contributed by atoms with Crippen LogP contribution in [0, 0.1) is 0 Å². The van der Waals surface area contributed by atoms with E-state index >= 15 is 0 Å². The second kappa shape index (κ2) is 6.67. The van der Waals surface area contributed by atoms with Crippen LogP contribution < -0.4 is 11.1 Å². The summed E-state index contributed by atoms with van der Waals surface area (Å²) in [6.45, 7) is 2.07. The summed E-state index contributed by atoms with van der Waals surface area (Å²) in [4.78, 5) is 23.3. The fourth-order valence-corrected chi connectivity index (χ4v) is 3.83. The number of nitrogens with one attached hydrogen (secondary N) is 1. The van der Waals surface area contributed by atoms with Crippen LogP contribution in [-0.2, 0) is 15.1 Å². The largest absolute Gasteiger partial charge is 0.438 e. The Kier molecular flexibility index (Phi) is 4.60. The number of rotatable bonds is 4. The van der Waals surface area contributed by atoms with Crippen molar-refractivity contribution in [2.75, 3.05) is 5.32 Å². The van der Waals surface area contributed by atoms with E-state index in [1.165, 1.54) is 12.5 Å². The molecule has 2 amide bonds. The highest BCUT2D eigenvalue weighted by Crippen LogP contribution is 2.46. The van der Waals surface area contributed by atoms with Crippen molar-refractivity contribution in [3.8, 4) is 0 Å². The maximum atomic E-state index is 12.0. The molecule has 0 radical (unpaired) electrons. The SMILES string of the molecule is CCCC(=CC(N)=O)c1ccc2c(c1)C1(CCCCC1)OC(=O)N2. The number of hydrogen-bond acceptors (Lipinski definition) is 3. The fourth-order valence-electron chi connectivity index (χ4n) is 3.83. The average molecular weight is 328 g/mol. The van der Waals surface area contributed by atoms with Gasteiger partial charge >= 0.3 is 6.09 Å². The lowest BCUT2D eigenvalue weighted by molar-refractivity contribution is -0.113. The van der Waals surface area contributed by atoms with Crippen LogP contribution in [0.1, 0.15) is 63.0 Å². The normalized spacial score (nSPS) is 19.4. The van der Waals surface area contributed by atoms with Crippen molar-refractivity contribution in [2.45, 2.75) is 57.5 Å². The average Bonchev–Trinajstić information content (AvgIpc) is 2.54. The molecule has 1 aromatic rings. The standard InChI is InChI=1S/C19H24N2O3/c1-2-6-13(12-17(20)22)14-7-8-16-15(11-14)19(24-18(23)21-16)9-4-3-5-10-19/h7-8,11-12H,2-6,9-10H2,1H3,(H2,20,22)(H,21,23). The molecule has 1 aliphatic heterocycles. The molecule has 1 heterocycles. The Balaban J connectivity index is 2.06. The first-order valence-corrected chi connectivity index (χ1v) is 8.69. The predicted octanol–water partition coefficient (Wildman–Crippen LogP) is 4.08. The van der Waals surface area contributed by atoms with Crippen LogP contribution >= 0.6 is 0 Å². The van der Waals surface area contributed by atoms with E-state index in [-0.39, 0.29) is 6.09 Å². The van der Waals surface area contributed by atoms with Crippen LogP contribution in [0.25, 0.3) is 5.57 Å². The Labute approximate surface area is 142 Å². The molecule has 128 valence electrons. The number of carbonyl (C=O) groups is 2. The van der Waals surface area contributed by atoms with Gasteiger partial charge in [-0.05, 0) is 55.4 Å². The summed E-state index contributed by atoms with van der Waals surface area (Å²) in [5, 5.41) is 2.80. The van der Waals surface area contributed by atoms with Crippen molar-refractivity contribution in [3.05, 3.63) is 35.4 Å². The molecule has 5 heteroatoms. The van der Waals surface area contributed by atoms with Gasteiger partial charge in [-0.1, -0.05) is 25.8 Å². The first-order chi connectivity index (χ1) is 11.5. The Bertz CT molecular complexity index is 688. The Morgan fingerprint density at radius 1 is 1.33 bits per heavy atom. The summed E-state index contributed by atoms with van der Waals surface area (Å²) in [6.07, 6.45) is 7.80. The molecule has 5 nitrogen and oxygen atoms in total. The number of fused-ring (bicyclic) bond motifs is 2. The van der Waals surface area contributed by atoms with Gasteiger partial charge in [-0.25, -0.2) is 4.79 Å². The van der Waals surface area contributed by atoms with Gasteiger partial charge in [-0.2, -0.15) is 0 Å². The molecule has 0 saturated heterocycles.